The number of allylic oxidation sites excluding steroid dienone is 1. The van der Waals surface area contributed by atoms with Crippen LogP contribution in [0.15, 0.2) is 64.8 Å². The van der Waals surface area contributed by atoms with E-state index in [9.17, 15) is 10.1 Å². The highest BCUT2D eigenvalue weighted by Crippen LogP contribution is 2.41. The van der Waals surface area contributed by atoms with Crippen LogP contribution in [0.3, 0.4) is 0 Å². The molecule has 0 radical (unpaired) electrons. The number of nitrogens with zero attached hydrogens (tertiary/aromatic N) is 2. The monoisotopic (exact) mass is 473 g/mol. The average molecular weight is 474 g/mol. The zero-order chi connectivity index (χ0) is 25.1. The summed E-state index contributed by atoms with van der Waals surface area (Å²) < 4.78 is 23.5. The lowest BCUT2D eigenvalue weighted by atomic mass is 9.84. The molecule has 0 amide bonds. The van der Waals surface area contributed by atoms with Crippen LogP contribution < -0.4 is 30.2 Å². The molecule has 0 unspecified atom stereocenters. The molecule has 0 bridgehead atoms. The minimum atomic E-state index is -0.667. The zero-order valence-corrected chi connectivity index (χ0v) is 20.1. The van der Waals surface area contributed by atoms with Crippen molar-refractivity contribution in [3.8, 4) is 29.1 Å². The molecule has 2 aromatic carbocycles. The largest absolute Gasteiger partial charge is 0.497 e. The third-order valence-electron chi connectivity index (χ3n) is 6.19. The third-order valence-corrected chi connectivity index (χ3v) is 6.19. The first kappa shape index (κ1) is 23.8. The Bertz CT molecular complexity index is 1400. The first-order valence-electron chi connectivity index (χ1n) is 11.1. The molecule has 1 atom stereocenters. The molecular weight excluding hydrogens is 446 g/mol. The van der Waals surface area contributed by atoms with Crippen molar-refractivity contribution in [1.29, 1.82) is 5.26 Å². The van der Waals surface area contributed by atoms with Gasteiger partial charge < -0.3 is 29.2 Å². The normalized spacial score (nSPS) is 14.5. The summed E-state index contributed by atoms with van der Waals surface area (Å²) in [5, 5.41) is 9.87. The van der Waals surface area contributed by atoms with E-state index in [2.05, 4.69) is 6.07 Å². The van der Waals surface area contributed by atoms with Gasteiger partial charge >= 0.3 is 0 Å². The molecule has 8 heteroatoms. The quantitative estimate of drug-likeness (QED) is 0.558. The van der Waals surface area contributed by atoms with E-state index in [-0.39, 0.29) is 17.0 Å². The van der Waals surface area contributed by atoms with Gasteiger partial charge in [0.25, 0.3) is 5.56 Å². The second-order valence-corrected chi connectivity index (χ2v) is 8.16. The SMILES string of the molecule is COc1cccc([C@H]2C(C#N)=C(N)Oc3cc(C)n(CCc4ccc(OC)c(OC)c4)c(=O)c32)c1. The van der Waals surface area contributed by atoms with Crippen molar-refractivity contribution in [2.75, 3.05) is 21.3 Å². The third kappa shape index (κ3) is 4.41. The Labute approximate surface area is 203 Å². The molecular formula is C27H27N3O5. The number of methoxy groups -OCH3 is 3. The number of benzene rings is 2. The van der Waals surface area contributed by atoms with Crippen molar-refractivity contribution in [3.63, 3.8) is 0 Å². The van der Waals surface area contributed by atoms with Gasteiger partial charge in [0.15, 0.2) is 11.5 Å². The molecule has 1 aliphatic rings. The number of ether oxygens (including phenoxy) is 4. The zero-order valence-electron chi connectivity index (χ0n) is 20.1. The molecule has 2 heterocycles. The van der Waals surface area contributed by atoms with Gasteiger partial charge in [-0.3, -0.25) is 4.79 Å². The van der Waals surface area contributed by atoms with Gasteiger partial charge in [0, 0.05) is 18.3 Å². The maximum atomic E-state index is 13.8. The molecule has 2 N–H and O–H groups in total. The van der Waals surface area contributed by atoms with E-state index in [4.69, 9.17) is 24.7 Å². The summed E-state index contributed by atoms with van der Waals surface area (Å²) >= 11 is 0. The van der Waals surface area contributed by atoms with Crippen LogP contribution in [0.25, 0.3) is 0 Å². The lowest BCUT2D eigenvalue weighted by Gasteiger charge is -2.27. The number of fused-ring (bicyclic) bond motifs is 1. The van der Waals surface area contributed by atoms with Crippen molar-refractivity contribution in [2.24, 2.45) is 5.73 Å². The molecule has 0 aliphatic carbocycles. The number of nitriles is 1. The van der Waals surface area contributed by atoms with Gasteiger partial charge in [0.05, 0.1) is 32.8 Å². The molecule has 1 aromatic heterocycles. The number of aromatic nitrogens is 1. The van der Waals surface area contributed by atoms with E-state index in [1.807, 2.05) is 37.3 Å². The molecule has 4 rings (SSSR count). The summed E-state index contributed by atoms with van der Waals surface area (Å²) in [7, 11) is 4.74. The summed E-state index contributed by atoms with van der Waals surface area (Å²) in [5.41, 5.74) is 8.89. The van der Waals surface area contributed by atoms with Gasteiger partial charge in [-0.15, -0.1) is 0 Å². The average Bonchev–Trinajstić information content (AvgIpc) is 2.87. The number of pyridine rings is 1. The highest BCUT2D eigenvalue weighted by Gasteiger charge is 2.34. The molecule has 0 saturated carbocycles. The highest BCUT2D eigenvalue weighted by atomic mass is 16.5. The molecule has 180 valence electrons. The number of aryl methyl sites for hydroxylation is 2. The van der Waals surface area contributed by atoms with Crippen LogP contribution in [0.5, 0.6) is 23.0 Å². The van der Waals surface area contributed by atoms with Crippen LogP contribution in [0.1, 0.15) is 28.3 Å². The Kier molecular flexibility index (Phi) is 6.69. The Balaban J connectivity index is 1.78. The first-order valence-corrected chi connectivity index (χ1v) is 11.1. The Morgan fingerprint density at radius 1 is 1.06 bits per heavy atom. The van der Waals surface area contributed by atoms with Crippen LogP contribution in [0.4, 0.5) is 0 Å². The maximum absolute atomic E-state index is 13.8. The van der Waals surface area contributed by atoms with E-state index >= 15 is 0 Å². The van der Waals surface area contributed by atoms with Crippen molar-refractivity contribution < 1.29 is 18.9 Å². The van der Waals surface area contributed by atoms with Crippen LogP contribution in [-0.4, -0.2) is 25.9 Å². The van der Waals surface area contributed by atoms with Gasteiger partial charge in [-0.25, -0.2) is 0 Å². The second-order valence-electron chi connectivity index (χ2n) is 8.16. The summed E-state index contributed by atoms with van der Waals surface area (Å²) in [6.45, 7) is 2.28. The number of hydrogen-bond acceptors (Lipinski definition) is 7. The maximum Gasteiger partial charge on any atom is 0.258 e. The number of rotatable bonds is 7. The fraction of sp³-hybridized carbons (Fsp3) is 0.259. The van der Waals surface area contributed by atoms with Crippen molar-refractivity contribution in [3.05, 3.63) is 92.7 Å². The fourth-order valence-corrected chi connectivity index (χ4v) is 4.40. The molecule has 3 aromatic rings. The second kappa shape index (κ2) is 9.85. The highest BCUT2D eigenvalue weighted by molar-refractivity contribution is 5.56. The van der Waals surface area contributed by atoms with Gasteiger partial charge in [0.1, 0.15) is 23.1 Å². The minimum Gasteiger partial charge on any atom is -0.497 e. The smallest absolute Gasteiger partial charge is 0.258 e. The molecule has 35 heavy (non-hydrogen) atoms. The van der Waals surface area contributed by atoms with Gasteiger partial charge in [-0.1, -0.05) is 18.2 Å². The topological polar surface area (TPSA) is 109 Å². The van der Waals surface area contributed by atoms with Crippen LogP contribution >= 0.6 is 0 Å². The van der Waals surface area contributed by atoms with E-state index < -0.39 is 5.92 Å². The predicted octanol–water partition coefficient (Wildman–Crippen LogP) is 3.64. The summed E-state index contributed by atoms with van der Waals surface area (Å²) in [5.74, 6) is 1.58. The Morgan fingerprint density at radius 3 is 2.51 bits per heavy atom. The van der Waals surface area contributed by atoms with E-state index in [1.165, 1.54) is 0 Å². The standard InChI is InChI=1S/C27H27N3O5/c1-16-12-23-25(24(20(15-28)26(29)35-23)18-6-5-7-19(14-18)32-2)27(31)30(16)11-10-17-8-9-21(33-3)22(13-17)34-4/h5-9,12-14,24H,10-11,29H2,1-4H3/t24-/m0/s1. The van der Waals surface area contributed by atoms with Crippen molar-refractivity contribution >= 4 is 0 Å². The fourth-order valence-electron chi connectivity index (χ4n) is 4.40. The van der Waals surface area contributed by atoms with Crippen molar-refractivity contribution in [2.45, 2.75) is 25.8 Å². The Hall–Kier alpha value is -4.38. The van der Waals surface area contributed by atoms with Gasteiger partial charge in [-0.2, -0.15) is 5.26 Å². The predicted molar refractivity (Wildman–Crippen MR) is 131 cm³/mol. The lowest BCUT2D eigenvalue weighted by molar-refractivity contribution is 0.354. The lowest BCUT2D eigenvalue weighted by Crippen LogP contribution is -2.33. The molecule has 8 nitrogen and oxygen atoms in total. The van der Waals surface area contributed by atoms with E-state index in [0.29, 0.717) is 41.5 Å². The summed E-state index contributed by atoms with van der Waals surface area (Å²) in [6.07, 6.45) is 0.591. The van der Waals surface area contributed by atoms with Crippen LogP contribution in [0.2, 0.25) is 0 Å². The van der Waals surface area contributed by atoms with E-state index in [1.54, 1.807) is 44.1 Å². The minimum absolute atomic E-state index is 0.00491. The molecule has 0 spiro atoms. The number of nitrogens with two attached hydrogens (primary N) is 1. The van der Waals surface area contributed by atoms with E-state index in [0.717, 1.165) is 16.8 Å². The first-order chi connectivity index (χ1) is 16.9. The Morgan fingerprint density at radius 2 is 1.83 bits per heavy atom. The van der Waals surface area contributed by atoms with Gasteiger partial charge in [-0.05, 0) is 48.7 Å². The summed E-state index contributed by atoms with van der Waals surface area (Å²) in [4.78, 5) is 13.8. The molecule has 0 fully saturated rings. The van der Waals surface area contributed by atoms with Crippen LogP contribution in [-0.2, 0) is 13.0 Å². The summed E-state index contributed by atoms with van der Waals surface area (Å²) in [6, 6.07) is 16.9. The number of hydrogen-bond donors (Lipinski definition) is 1. The van der Waals surface area contributed by atoms with Gasteiger partial charge in [0.2, 0.25) is 5.88 Å². The molecule has 1 aliphatic heterocycles. The van der Waals surface area contributed by atoms with Crippen molar-refractivity contribution in [1.82, 2.24) is 4.57 Å². The van der Waals surface area contributed by atoms with Crippen LogP contribution in [0, 0.1) is 18.3 Å². The molecule has 0 saturated heterocycles.